The van der Waals surface area contributed by atoms with Crippen molar-refractivity contribution in [2.75, 3.05) is 11.9 Å². The SMILES string of the molecule is CCOc1ccc(NC(=O)C(C)c2cc3ccccc3o2)cc1CO. The van der Waals surface area contributed by atoms with Gasteiger partial charge in [-0.05, 0) is 44.2 Å². The number of fused-ring (bicyclic) bond motifs is 1. The molecule has 5 heteroatoms. The predicted molar refractivity (Wildman–Crippen MR) is 96.8 cm³/mol. The van der Waals surface area contributed by atoms with Crippen LogP contribution in [0.3, 0.4) is 0 Å². The van der Waals surface area contributed by atoms with Gasteiger partial charge in [0, 0.05) is 16.6 Å². The molecule has 3 aromatic rings. The number of nitrogens with one attached hydrogen (secondary N) is 1. The minimum Gasteiger partial charge on any atom is -0.494 e. The first-order valence-corrected chi connectivity index (χ1v) is 8.28. The highest BCUT2D eigenvalue weighted by Crippen LogP contribution is 2.27. The Kier molecular flexibility index (Phi) is 5.05. The smallest absolute Gasteiger partial charge is 0.234 e. The van der Waals surface area contributed by atoms with E-state index in [9.17, 15) is 9.90 Å². The highest BCUT2D eigenvalue weighted by Gasteiger charge is 2.20. The predicted octanol–water partition coefficient (Wildman–Crippen LogP) is 4.07. The summed E-state index contributed by atoms with van der Waals surface area (Å²) in [5.74, 6) is 0.629. The maximum Gasteiger partial charge on any atom is 0.234 e. The van der Waals surface area contributed by atoms with Gasteiger partial charge in [-0.1, -0.05) is 18.2 Å². The van der Waals surface area contributed by atoms with Crippen LogP contribution in [0.15, 0.2) is 52.9 Å². The van der Waals surface area contributed by atoms with Crippen LogP contribution >= 0.6 is 0 Å². The van der Waals surface area contributed by atoms with Gasteiger partial charge in [0.1, 0.15) is 17.1 Å². The van der Waals surface area contributed by atoms with Gasteiger partial charge in [0.25, 0.3) is 0 Å². The van der Waals surface area contributed by atoms with Gasteiger partial charge in [-0.15, -0.1) is 0 Å². The van der Waals surface area contributed by atoms with Crippen molar-refractivity contribution in [3.8, 4) is 5.75 Å². The number of benzene rings is 2. The van der Waals surface area contributed by atoms with Crippen LogP contribution in [0, 0.1) is 0 Å². The Morgan fingerprint density at radius 2 is 2.04 bits per heavy atom. The first kappa shape index (κ1) is 17.0. The summed E-state index contributed by atoms with van der Waals surface area (Å²) >= 11 is 0. The van der Waals surface area contributed by atoms with Crippen LogP contribution < -0.4 is 10.1 Å². The van der Waals surface area contributed by atoms with E-state index in [0.717, 1.165) is 11.0 Å². The van der Waals surface area contributed by atoms with Gasteiger partial charge in [0.15, 0.2) is 0 Å². The van der Waals surface area contributed by atoms with Gasteiger partial charge < -0.3 is 19.6 Å². The highest BCUT2D eigenvalue weighted by atomic mass is 16.5. The van der Waals surface area contributed by atoms with Crippen LogP contribution in [-0.4, -0.2) is 17.6 Å². The van der Waals surface area contributed by atoms with E-state index in [1.165, 1.54) is 0 Å². The summed E-state index contributed by atoms with van der Waals surface area (Å²) in [7, 11) is 0. The largest absolute Gasteiger partial charge is 0.494 e. The average molecular weight is 339 g/mol. The molecule has 3 rings (SSSR count). The summed E-state index contributed by atoms with van der Waals surface area (Å²) in [5.41, 5.74) is 2.01. The van der Waals surface area contributed by atoms with E-state index in [1.807, 2.05) is 37.3 Å². The van der Waals surface area contributed by atoms with Crippen molar-refractivity contribution in [1.82, 2.24) is 0 Å². The maximum absolute atomic E-state index is 12.5. The van der Waals surface area contributed by atoms with Gasteiger partial charge in [-0.25, -0.2) is 0 Å². The number of hydrogen-bond acceptors (Lipinski definition) is 4. The van der Waals surface area contributed by atoms with Crippen molar-refractivity contribution in [2.45, 2.75) is 26.4 Å². The molecule has 0 radical (unpaired) electrons. The zero-order valence-electron chi connectivity index (χ0n) is 14.3. The lowest BCUT2D eigenvalue weighted by molar-refractivity contribution is -0.117. The normalized spacial score (nSPS) is 12.1. The molecular formula is C20H21NO4. The Morgan fingerprint density at radius 1 is 1.24 bits per heavy atom. The van der Waals surface area contributed by atoms with E-state index in [4.69, 9.17) is 9.15 Å². The van der Waals surface area contributed by atoms with Crippen LogP contribution in [0.2, 0.25) is 0 Å². The monoisotopic (exact) mass is 339 g/mol. The zero-order valence-corrected chi connectivity index (χ0v) is 14.3. The first-order chi connectivity index (χ1) is 12.1. The number of ether oxygens (including phenoxy) is 1. The Labute approximate surface area is 146 Å². The summed E-state index contributed by atoms with van der Waals surface area (Å²) in [5, 5.41) is 13.3. The van der Waals surface area contributed by atoms with Crippen LogP contribution in [0.1, 0.15) is 31.1 Å². The van der Waals surface area contributed by atoms with E-state index < -0.39 is 5.92 Å². The van der Waals surface area contributed by atoms with Crippen LogP contribution in [-0.2, 0) is 11.4 Å². The van der Waals surface area contributed by atoms with E-state index in [-0.39, 0.29) is 12.5 Å². The molecule has 1 unspecified atom stereocenters. The molecule has 25 heavy (non-hydrogen) atoms. The third-order valence-electron chi connectivity index (χ3n) is 4.06. The number of aliphatic hydroxyl groups excluding tert-OH is 1. The molecule has 0 saturated heterocycles. The summed E-state index contributed by atoms with van der Waals surface area (Å²) in [6.45, 7) is 4.04. The van der Waals surface area contributed by atoms with E-state index >= 15 is 0 Å². The summed E-state index contributed by atoms with van der Waals surface area (Å²) in [4.78, 5) is 12.5. The maximum atomic E-state index is 12.5. The second-order valence-electron chi connectivity index (χ2n) is 5.81. The van der Waals surface area contributed by atoms with Gasteiger partial charge in [0.05, 0.1) is 19.1 Å². The molecule has 0 bridgehead atoms. The molecule has 0 fully saturated rings. The summed E-state index contributed by atoms with van der Waals surface area (Å²) in [6.07, 6.45) is 0. The molecular weight excluding hydrogens is 318 g/mol. The van der Waals surface area contributed by atoms with Crippen LogP contribution in [0.5, 0.6) is 5.75 Å². The number of furan rings is 1. The fraction of sp³-hybridized carbons (Fsp3) is 0.250. The number of amides is 1. The van der Waals surface area contributed by atoms with E-state index in [2.05, 4.69) is 5.32 Å². The number of carbonyl (C=O) groups is 1. The number of hydrogen-bond donors (Lipinski definition) is 2. The van der Waals surface area contributed by atoms with Crippen molar-refractivity contribution in [2.24, 2.45) is 0 Å². The number of aliphatic hydroxyl groups is 1. The third-order valence-corrected chi connectivity index (χ3v) is 4.06. The molecule has 0 aliphatic heterocycles. The molecule has 1 atom stereocenters. The molecule has 1 aromatic heterocycles. The molecule has 1 heterocycles. The van der Waals surface area contributed by atoms with E-state index in [1.54, 1.807) is 25.1 Å². The quantitative estimate of drug-likeness (QED) is 0.710. The second kappa shape index (κ2) is 7.40. The standard InChI is InChI=1S/C20H21NO4/c1-3-24-17-9-8-16(10-15(17)12-22)21-20(23)13(2)19-11-14-6-4-5-7-18(14)25-19/h4-11,13,22H,3,12H2,1-2H3,(H,21,23). The molecule has 0 saturated carbocycles. The number of carbonyl (C=O) groups excluding carboxylic acids is 1. The Hall–Kier alpha value is -2.79. The Balaban J connectivity index is 1.76. The van der Waals surface area contributed by atoms with Crippen molar-refractivity contribution < 1.29 is 19.1 Å². The summed E-state index contributed by atoms with van der Waals surface area (Å²) < 4.78 is 11.2. The van der Waals surface area contributed by atoms with Crippen molar-refractivity contribution in [1.29, 1.82) is 0 Å². The lowest BCUT2D eigenvalue weighted by atomic mass is 10.1. The van der Waals surface area contributed by atoms with Crippen molar-refractivity contribution >= 4 is 22.6 Å². The molecule has 5 nitrogen and oxygen atoms in total. The lowest BCUT2D eigenvalue weighted by Crippen LogP contribution is -2.18. The zero-order chi connectivity index (χ0) is 17.8. The minimum atomic E-state index is -0.434. The number of rotatable bonds is 6. The molecule has 1 amide bonds. The molecule has 0 aliphatic rings. The van der Waals surface area contributed by atoms with Crippen LogP contribution in [0.4, 0.5) is 5.69 Å². The van der Waals surface area contributed by atoms with E-state index in [0.29, 0.717) is 29.4 Å². The van der Waals surface area contributed by atoms with Crippen LogP contribution in [0.25, 0.3) is 11.0 Å². The highest BCUT2D eigenvalue weighted by molar-refractivity contribution is 5.96. The Morgan fingerprint density at radius 3 is 2.76 bits per heavy atom. The van der Waals surface area contributed by atoms with Crippen molar-refractivity contribution in [3.05, 3.63) is 59.9 Å². The number of anilines is 1. The fourth-order valence-corrected chi connectivity index (χ4v) is 2.67. The Bertz CT molecular complexity index is 851. The fourth-order valence-electron chi connectivity index (χ4n) is 2.67. The van der Waals surface area contributed by atoms with Gasteiger partial charge >= 0.3 is 0 Å². The molecule has 0 aliphatic carbocycles. The topological polar surface area (TPSA) is 71.7 Å². The van der Waals surface area contributed by atoms with Gasteiger partial charge in [0.2, 0.25) is 5.91 Å². The molecule has 2 aromatic carbocycles. The first-order valence-electron chi connectivity index (χ1n) is 8.28. The third kappa shape index (κ3) is 3.67. The molecule has 2 N–H and O–H groups in total. The van der Waals surface area contributed by atoms with Gasteiger partial charge in [-0.3, -0.25) is 4.79 Å². The number of para-hydroxylation sites is 1. The molecule has 130 valence electrons. The second-order valence-corrected chi connectivity index (χ2v) is 5.81. The van der Waals surface area contributed by atoms with Crippen molar-refractivity contribution in [3.63, 3.8) is 0 Å². The summed E-state index contributed by atoms with van der Waals surface area (Å²) in [6, 6.07) is 14.8. The average Bonchev–Trinajstić information content (AvgIpc) is 3.06. The lowest BCUT2D eigenvalue weighted by Gasteiger charge is -2.13. The minimum absolute atomic E-state index is 0.155. The van der Waals surface area contributed by atoms with Gasteiger partial charge in [-0.2, -0.15) is 0 Å². The molecule has 0 spiro atoms.